The van der Waals surface area contributed by atoms with Crippen molar-refractivity contribution >= 4 is 0 Å². The summed E-state index contributed by atoms with van der Waals surface area (Å²) in [7, 11) is 1.78. The first kappa shape index (κ1) is 16.9. The minimum absolute atomic E-state index is 0.0408. The summed E-state index contributed by atoms with van der Waals surface area (Å²) in [5, 5.41) is 0. The number of nitrogens with zero attached hydrogens (tertiary/aromatic N) is 1. The predicted molar refractivity (Wildman–Crippen MR) is 75.3 cm³/mol. The summed E-state index contributed by atoms with van der Waals surface area (Å²) in [6, 6.07) is 0. The smallest absolute Gasteiger partial charge is 0.0658 e. The number of methoxy groups -OCH3 is 1. The van der Waals surface area contributed by atoms with Crippen LogP contribution >= 0.6 is 0 Å². The van der Waals surface area contributed by atoms with Crippen molar-refractivity contribution in [2.24, 2.45) is 5.73 Å². The summed E-state index contributed by atoms with van der Waals surface area (Å²) in [6.45, 7) is 10.4. The zero-order valence-electron chi connectivity index (χ0n) is 12.3. The number of nitrogens with two attached hydrogens (primary N) is 1. The fourth-order valence-electron chi connectivity index (χ4n) is 2.30. The molecule has 0 aliphatic rings. The summed E-state index contributed by atoms with van der Waals surface area (Å²) < 4.78 is 5.41. The quantitative estimate of drug-likeness (QED) is 0.607. The van der Waals surface area contributed by atoms with Gasteiger partial charge in [0.15, 0.2) is 0 Å². The van der Waals surface area contributed by atoms with Crippen molar-refractivity contribution in [2.75, 3.05) is 33.4 Å². The Labute approximate surface area is 108 Å². The van der Waals surface area contributed by atoms with E-state index in [1.165, 1.54) is 25.7 Å². The Morgan fingerprint density at radius 2 is 1.59 bits per heavy atom. The Kier molecular flexibility index (Phi) is 9.79. The third-order valence-corrected chi connectivity index (χ3v) is 3.69. The molecule has 0 aromatic heterocycles. The monoisotopic (exact) mass is 244 g/mol. The minimum atomic E-state index is 0.0408. The molecule has 0 aliphatic heterocycles. The lowest BCUT2D eigenvalue weighted by Crippen LogP contribution is -2.57. The molecule has 0 saturated heterocycles. The standard InChI is InChI=1S/C14H32N2O/c1-5-8-10-16(11-9-6-2)14(7-3,12-15)13-17-4/h5-13,15H2,1-4H3. The van der Waals surface area contributed by atoms with E-state index in [4.69, 9.17) is 10.5 Å². The van der Waals surface area contributed by atoms with Gasteiger partial charge >= 0.3 is 0 Å². The molecule has 0 saturated carbocycles. The Bertz CT molecular complexity index is 162. The minimum Gasteiger partial charge on any atom is -0.383 e. The van der Waals surface area contributed by atoms with Gasteiger partial charge in [0, 0.05) is 13.7 Å². The van der Waals surface area contributed by atoms with E-state index in [9.17, 15) is 0 Å². The van der Waals surface area contributed by atoms with Crippen molar-refractivity contribution in [3.63, 3.8) is 0 Å². The first-order valence-corrected chi connectivity index (χ1v) is 7.14. The molecule has 3 nitrogen and oxygen atoms in total. The summed E-state index contributed by atoms with van der Waals surface area (Å²) in [4.78, 5) is 2.56. The van der Waals surface area contributed by atoms with E-state index in [0.29, 0.717) is 6.54 Å². The van der Waals surface area contributed by atoms with Crippen molar-refractivity contribution in [1.29, 1.82) is 0 Å². The van der Waals surface area contributed by atoms with E-state index in [1.54, 1.807) is 7.11 Å². The maximum absolute atomic E-state index is 6.03. The molecule has 0 aromatic rings. The molecule has 0 radical (unpaired) electrons. The first-order chi connectivity index (χ1) is 8.20. The highest BCUT2D eigenvalue weighted by Crippen LogP contribution is 2.21. The molecule has 3 heteroatoms. The van der Waals surface area contributed by atoms with Crippen LogP contribution < -0.4 is 5.73 Å². The van der Waals surface area contributed by atoms with Gasteiger partial charge in [-0.15, -0.1) is 0 Å². The highest BCUT2D eigenvalue weighted by Gasteiger charge is 2.33. The molecule has 17 heavy (non-hydrogen) atoms. The van der Waals surface area contributed by atoms with Crippen LogP contribution in [0, 0.1) is 0 Å². The van der Waals surface area contributed by atoms with Crippen molar-refractivity contribution in [1.82, 2.24) is 4.90 Å². The third-order valence-electron chi connectivity index (χ3n) is 3.69. The first-order valence-electron chi connectivity index (χ1n) is 7.14. The molecule has 0 aromatic carbocycles. The van der Waals surface area contributed by atoms with Crippen LogP contribution in [0.3, 0.4) is 0 Å². The van der Waals surface area contributed by atoms with Crippen LogP contribution in [0.4, 0.5) is 0 Å². The van der Waals surface area contributed by atoms with Crippen LogP contribution in [0.15, 0.2) is 0 Å². The molecule has 0 fully saturated rings. The van der Waals surface area contributed by atoms with Crippen LogP contribution in [0.1, 0.15) is 52.9 Å². The van der Waals surface area contributed by atoms with Gasteiger partial charge < -0.3 is 10.5 Å². The molecule has 2 N–H and O–H groups in total. The van der Waals surface area contributed by atoms with E-state index in [-0.39, 0.29) is 5.54 Å². The molecule has 0 rings (SSSR count). The van der Waals surface area contributed by atoms with Gasteiger partial charge in [-0.25, -0.2) is 0 Å². The summed E-state index contributed by atoms with van der Waals surface area (Å²) >= 11 is 0. The lowest BCUT2D eigenvalue weighted by molar-refractivity contribution is 0.00994. The predicted octanol–water partition coefficient (Wildman–Crippen LogP) is 2.64. The molecule has 0 amide bonds. The molecule has 0 spiro atoms. The maximum Gasteiger partial charge on any atom is 0.0658 e. The van der Waals surface area contributed by atoms with E-state index in [2.05, 4.69) is 25.7 Å². The van der Waals surface area contributed by atoms with Crippen LogP contribution in [0.5, 0.6) is 0 Å². The number of ether oxygens (including phenoxy) is 1. The van der Waals surface area contributed by atoms with Gasteiger partial charge in [-0.3, -0.25) is 4.90 Å². The van der Waals surface area contributed by atoms with E-state index < -0.39 is 0 Å². The van der Waals surface area contributed by atoms with Crippen molar-refractivity contribution < 1.29 is 4.74 Å². The zero-order valence-corrected chi connectivity index (χ0v) is 12.3. The van der Waals surface area contributed by atoms with Crippen LogP contribution in [0.25, 0.3) is 0 Å². The lowest BCUT2D eigenvalue weighted by Gasteiger charge is -2.42. The molecular weight excluding hydrogens is 212 g/mol. The van der Waals surface area contributed by atoms with Crippen LogP contribution in [-0.2, 0) is 4.74 Å². The molecule has 0 aliphatic carbocycles. The van der Waals surface area contributed by atoms with E-state index in [1.807, 2.05) is 0 Å². The topological polar surface area (TPSA) is 38.5 Å². The zero-order chi connectivity index (χ0) is 13.1. The second-order valence-corrected chi connectivity index (χ2v) is 4.91. The van der Waals surface area contributed by atoms with Gasteiger partial charge in [0.1, 0.15) is 0 Å². The van der Waals surface area contributed by atoms with E-state index in [0.717, 1.165) is 26.1 Å². The Balaban J connectivity index is 4.64. The number of hydrogen-bond acceptors (Lipinski definition) is 3. The van der Waals surface area contributed by atoms with Gasteiger partial charge in [0.2, 0.25) is 0 Å². The fraction of sp³-hybridized carbons (Fsp3) is 1.00. The molecule has 1 atom stereocenters. The Morgan fingerprint density at radius 1 is 1.06 bits per heavy atom. The lowest BCUT2D eigenvalue weighted by atomic mass is 9.93. The second-order valence-electron chi connectivity index (χ2n) is 4.91. The number of hydrogen-bond donors (Lipinski definition) is 1. The van der Waals surface area contributed by atoms with Crippen LogP contribution in [-0.4, -0.2) is 43.8 Å². The van der Waals surface area contributed by atoms with E-state index >= 15 is 0 Å². The molecule has 104 valence electrons. The summed E-state index contributed by atoms with van der Waals surface area (Å²) in [5.41, 5.74) is 6.07. The average Bonchev–Trinajstić information content (AvgIpc) is 2.37. The number of unbranched alkanes of at least 4 members (excludes halogenated alkanes) is 2. The van der Waals surface area contributed by atoms with Gasteiger partial charge in [-0.1, -0.05) is 33.6 Å². The summed E-state index contributed by atoms with van der Waals surface area (Å²) in [6.07, 6.45) is 6.02. The number of rotatable bonds is 11. The molecule has 0 heterocycles. The average molecular weight is 244 g/mol. The second kappa shape index (κ2) is 9.86. The Hall–Kier alpha value is -0.120. The SMILES string of the molecule is CCCCN(CCCC)C(CC)(CN)COC. The maximum atomic E-state index is 6.03. The normalized spacial score (nSPS) is 15.2. The third kappa shape index (κ3) is 5.36. The highest BCUT2D eigenvalue weighted by molar-refractivity contribution is 4.90. The largest absolute Gasteiger partial charge is 0.383 e. The van der Waals surface area contributed by atoms with Crippen molar-refractivity contribution in [3.05, 3.63) is 0 Å². The van der Waals surface area contributed by atoms with Gasteiger partial charge in [0.05, 0.1) is 12.1 Å². The van der Waals surface area contributed by atoms with Crippen LogP contribution in [0.2, 0.25) is 0 Å². The van der Waals surface area contributed by atoms with Crippen molar-refractivity contribution in [2.45, 2.75) is 58.4 Å². The molecule has 0 bridgehead atoms. The highest BCUT2D eigenvalue weighted by atomic mass is 16.5. The summed E-state index contributed by atoms with van der Waals surface area (Å²) in [5.74, 6) is 0. The molecular formula is C14H32N2O. The fourth-order valence-corrected chi connectivity index (χ4v) is 2.30. The molecule has 1 unspecified atom stereocenters. The van der Waals surface area contributed by atoms with Gasteiger partial charge in [-0.2, -0.15) is 0 Å². The van der Waals surface area contributed by atoms with Crippen molar-refractivity contribution in [3.8, 4) is 0 Å². The Morgan fingerprint density at radius 3 is 1.88 bits per heavy atom. The van der Waals surface area contributed by atoms with Gasteiger partial charge in [0.25, 0.3) is 0 Å². The van der Waals surface area contributed by atoms with Gasteiger partial charge in [-0.05, 0) is 32.4 Å².